The second-order valence-electron chi connectivity index (χ2n) is 4.42. The fourth-order valence-electron chi connectivity index (χ4n) is 1.90. The molecule has 0 radical (unpaired) electrons. The maximum atomic E-state index is 12.2. The summed E-state index contributed by atoms with van der Waals surface area (Å²) in [6.07, 6.45) is -0.739. The molecule has 7 heteroatoms. The fourth-order valence-corrected chi connectivity index (χ4v) is 2.24. The summed E-state index contributed by atoms with van der Waals surface area (Å²) in [4.78, 5) is 24.9. The SMILES string of the molecule is C[C@H](Oc1cccc(Cl)c1Cl)C(=O)N1CCNC(=O)C1. The first kappa shape index (κ1) is 14.9. The van der Waals surface area contributed by atoms with E-state index in [9.17, 15) is 9.59 Å². The van der Waals surface area contributed by atoms with Crippen LogP contribution in [0.15, 0.2) is 18.2 Å². The van der Waals surface area contributed by atoms with Crippen LogP contribution in [0.1, 0.15) is 6.92 Å². The Morgan fingerprint density at radius 1 is 1.45 bits per heavy atom. The van der Waals surface area contributed by atoms with Crippen molar-refractivity contribution in [1.29, 1.82) is 0 Å². The van der Waals surface area contributed by atoms with Gasteiger partial charge in [0.2, 0.25) is 5.91 Å². The number of benzene rings is 1. The lowest BCUT2D eigenvalue weighted by molar-refractivity contribution is -0.143. The van der Waals surface area contributed by atoms with Crippen LogP contribution in [0.25, 0.3) is 0 Å². The van der Waals surface area contributed by atoms with Crippen LogP contribution in [0.4, 0.5) is 0 Å². The maximum Gasteiger partial charge on any atom is 0.263 e. The first-order chi connectivity index (χ1) is 9.49. The number of halogens is 2. The van der Waals surface area contributed by atoms with E-state index >= 15 is 0 Å². The van der Waals surface area contributed by atoms with Gasteiger partial charge in [0, 0.05) is 13.1 Å². The average Bonchev–Trinajstić information content (AvgIpc) is 2.43. The van der Waals surface area contributed by atoms with Gasteiger partial charge in [-0.05, 0) is 19.1 Å². The van der Waals surface area contributed by atoms with Crippen LogP contribution >= 0.6 is 23.2 Å². The predicted molar refractivity (Wildman–Crippen MR) is 76.1 cm³/mol. The Hall–Kier alpha value is -1.46. The van der Waals surface area contributed by atoms with Gasteiger partial charge in [0.05, 0.1) is 11.6 Å². The Bertz CT molecular complexity index is 536. The van der Waals surface area contributed by atoms with Gasteiger partial charge < -0.3 is 15.0 Å². The molecule has 1 heterocycles. The summed E-state index contributed by atoms with van der Waals surface area (Å²) in [7, 11) is 0. The minimum Gasteiger partial charge on any atom is -0.479 e. The molecule has 1 aliphatic rings. The number of hydrogen-bond donors (Lipinski definition) is 1. The number of amides is 2. The van der Waals surface area contributed by atoms with Crippen molar-refractivity contribution in [3.63, 3.8) is 0 Å². The summed E-state index contributed by atoms with van der Waals surface area (Å²) < 4.78 is 5.54. The van der Waals surface area contributed by atoms with E-state index in [1.807, 2.05) is 0 Å². The second kappa shape index (κ2) is 6.33. The summed E-state index contributed by atoms with van der Waals surface area (Å²) in [5, 5.41) is 3.29. The Morgan fingerprint density at radius 2 is 2.20 bits per heavy atom. The van der Waals surface area contributed by atoms with Crippen molar-refractivity contribution in [1.82, 2.24) is 10.2 Å². The fraction of sp³-hybridized carbons (Fsp3) is 0.385. The van der Waals surface area contributed by atoms with Crippen molar-refractivity contribution >= 4 is 35.0 Å². The van der Waals surface area contributed by atoms with Crippen molar-refractivity contribution in [2.75, 3.05) is 19.6 Å². The van der Waals surface area contributed by atoms with E-state index in [0.717, 1.165) is 0 Å². The van der Waals surface area contributed by atoms with Gasteiger partial charge >= 0.3 is 0 Å². The molecule has 2 rings (SSSR count). The molecule has 0 aliphatic carbocycles. The van der Waals surface area contributed by atoms with Gasteiger partial charge in [0.25, 0.3) is 5.91 Å². The second-order valence-corrected chi connectivity index (χ2v) is 5.21. The molecule has 5 nitrogen and oxygen atoms in total. The molecule has 1 N–H and O–H groups in total. The highest BCUT2D eigenvalue weighted by atomic mass is 35.5. The van der Waals surface area contributed by atoms with E-state index in [4.69, 9.17) is 27.9 Å². The highest BCUT2D eigenvalue weighted by Crippen LogP contribution is 2.32. The lowest BCUT2D eigenvalue weighted by Gasteiger charge is -2.29. The third-order valence-corrected chi connectivity index (χ3v) is 3.72. The third-order valence-electron chi connectivity index (χ3n) is 2.92. The lowest BCUT2D eigenvalue weighted by Crippen LogP contribution is -2.53. The highest BCUT2D eigenvalue weighted by molar-refractivity contribution is 6.42. The standard InChI is InChI=1S/C13H14Cl2N2O3/c1-8(13(19)17-6-5-16-11(18)7-17)20-10-4-2-3-9(14)12(10)15/h2-4,8H,5-7H2,1H3,(H,16,18)/t8-/m0/s1. The van der Waals surface area contributed by atoms with Crippen molar-refractivity contribution in [3.8, 4) is 5.75 Å². The zero-order chi connectivity index (χ0) is 14.7. The van der Waals surface area contributed by atoms with E-state index in [0.29, 0.717) is 23.9 Å². The number of nitrogens with one attached hydrogen (secondary N) is 1. The molecule has 20 heavy (non-hydrogen) atoms. The molecule has 1 aromatic rings. The van der Waals surface area contributed by atoms with Crippen molar-refractivity contribution in [2.24, 2.45) is 0 Å². The van der Waals surface area contributed by atoms with Gasteiger partial charge in [0.1, 0.15) is 10.8 Å². The zero-order valence-electron chi connectivity index (χ0n) is 10.9. The lowest BCUT2D eigenvalue weighted by atomic mass is 10.2. The summed E-state index contributed by atoms with van der Waals surface area (Å²) >= 11 is 11.9. The molecular weight excluding hydrogens is 303 g/mol. The number of rotatable bonds is 3. The van der Waals surface area contributed by atoms with Crippen LogP contribution in [0.5, 0.6) is 5.75 Å². The molecule has 2 amide bonds. The normalized spacial score (nSPS) is 16.6. The monoisotopic (exact) mass is 316 g/mol. The van der Waals surface area contributed by atoms with Crippen LogP contribution < -0.4 is 10.1 Å². The van der Waals surface area contributed by atoms with E-state index in [2.05, 4.69) is 5.32 Å². The van der Waals surface area contributed by atoms with Gasteiger partial charge in [-0.25, -0.2) is 0 Å². The Labute approximate surface area is 126 Å². The molecule has 1 aliphatic heterocycles. The van der Waals surface area contributed by atoms with E-state index in [1.165, 1.54) is 4.90 Å². The molecule has 0 spiro atoms. The quantitative estimate of drug-likeness (QED) is 0.923. The summed E-state index contributed by atoms with van der Waals surface area (Å²) in [5.74, 6) is -0.0741. The number of carbonyl (C=O) groups is 2. The van der Waals surface area contributed by atoms with Gasteiger partial charge in [-0.1, -0.05) is 29.3 Å². The number of ether oxygens (including phenoxy) is 1. The van der Waals surface area contributed by atoms with E-state index < -0.39 is 6.10 Å². The largest absolute Gasteiger partial charge is 0.479 e. The van der Waals surface area contributed by atoms with Crippen LogP contribution in [0.3, 0.4) is 0 Å². The zero-order valence-corrected chi connectivity index (χ0v) is 12.4. The van der Waals surface area contributed by atoms with Crippen LogP contribution in [-0.2, 0) is 9.59 Å². The number of carbonyl (C=O) groups excluding carboxylic acids is 2. The van der Waals surface area contributed by atoms with Crippen LogP contribution in [0.2, 0.25) is 10.0 Å². The van der Waals surface area contributed by atoms with Crippen molar-refractivity contribution in [3.05, 3.63) is 28.2 Å². The molecule has 0 bridgehead atoms. The molecule has 1 saturated heterocycles. The van der Waals surface area contributed by atoms with Crippen molar-refractivity contribution < 1.29 is 14.3 Å². The van der Waals surface area contributed by atoms with Crippen LogP contribution in [0, 0.1) is 0 Å². The van der Waals surface area contributed by atoms with E-state index in [1.54, 1.807) is 25.1 Å². The average molecular weight is 317 g/mol. The predicted octanol–water partition coefficient (Wildman–Crippen LogP) is 1.72. The highest BCUT2D eigenvalue weighted by Gasteiger charge is 2.26. The third kappa shape index (κ3) is 3.35. The Balaban J connectivity index is 2.04. The number of nitrogens with zero attached hydrogens (tertiary/aromatic N) is 1. The minimum atomic E-state index is -0.739. The van der Waals surface area contributed by atoms with Gasteiger partial charge in [-0.3, -0.25) is 9.59 Å². The van der Waals surface area contributed by atoms with Gasteiger partial charge in [-0.2, -0.15) is 0 Å². The first-order valence-corrected chi connectivity index (χ1v) is 6.91. The molecular formula is C13H14Cl2N2O3. The van der Waals surface area contributed by atoms with Crippen molar-refractivity contribution in [2.45, 2.75) is 13.0 Å². The first-order valence-electron chi connectivity index (χ1n) is 6.15. The van der Waals surface area contributed by atoms with E-state index in [-0.39, 0.29) is 23.4 Å². The Kier molecular flexibility index (Phi) is 4.73. The number of hydrogen-bond acceptors (Lipinski definition) is 3. The smallest absolute Gasteiger partial charge is 0.263 e. The minimum absolute atomic E-state index is 0.0514. The number of piperazine rings is 1. The molecule has 1 atom stereocenters. The summed E-state index contributed by atoms with van der Waals surface area (Å²) in [5.41, 5.74) is 0. The van der Waals surface area contributed by atoms with Gasteiger partial charge in [0.15, 0.2) is 6.10 Å². The molecule has 108 valence electrons. The summed E-state index contributed by atoms with van der Waals surface area (Å²) in [6, 6.07) is 4.97. The molecule has 1 fully saturated rings. The maximum absolute atomic E-state index is 12.2. The molecule has 0 unspecified atom stereocenters. The topological polar surface area (TPSA) is 58.6 Å². The van der Waals surface area contributed by atoms with Gasteiger partial charge in [-0.15, -0.1) is 0 Å². The van der Waals surface area contributed by atoms with Crippen LogP contribution in [-0.4, -0.2) is 42.5 Å². The molecule has 0 saturated carbocycles. The molecule has 1 aromatic carbocycles. The summed E-state index contributed by atoms with van der Waals surface area (Å²) in [6.45, 7) is 2.60. The molecule has 0 aromatic heterocycles. The Morgan fingerprint density at radius 3 is 2.90 bits per heavy atom.